The van der Waals surface area contributed by atoms with Gasteiger partial charge in [-0.05, 0) is 23.3 Å². The Kier molecular flexibility index (Phi) is 10.4. The minimum Gasteiger partial charge on any atom is -0.508 e. The Labute approximate surface area is 207 Å². The summed E-state index contributed by atoms with van der Waals surface area (Å²) in [7, 11) is 0. The summed E-state index contributed by atoms with van der Waals surface area (Å²) in [5, 5.41) is 26.1. The minimum absolute atomic E-state index is 0.0105. The molecule has 0 fully saturated rings. The summed E-state index contributed by atoms with van der Waals surface area (Å²) >= 11 is 0. The number of rotatable bonds is 13. The molecule has 0 spiro atoms. The fraction of sp³-hybridized carbons (Fsp3) is 0.292. The van der Waals surface area contributed by atoms with Crippen molar-refractivity contribution < 1.29 is 34.2 Å². The van der Waals surface area contributed by atoms with Crippen LogP contribution in [-0.2, 0) is 36.8 Å². The molecule has 3 unspecified atom stereocenters. The summed E-state index contributed by atoms with van der Waals surface area (Å²) in [4.78, 5) is 60.8. The van der Waals surface area contributed by atoms with Gasteiger partial charge in [-0.3, -0.25) is 19.2 Å². The van der Waals surface area contributed by atoms with Gasteiger partial charge in [0.05, 0.1) is 13.0 Å². The van der Waals surface area contributed by atoms with E-state index in [4.69, 9.17) is 11.5 Å². The van der Waals surface area contributed by atoms with Crippen molar-refractivity contribution in [2.24, 2.45) is 11.5 Å². The molecule has 2 aromatic carbocycles. The second kappa shape index (κ2) is 13.4. The zero-order valence-corrected chi connectivity index (χ0v) is 19.3. The van der Waals surface area contributed by atoms with E-state index in [0.717, 1.165) is 5.56 Å². The summed E-state index contributed by atoms with van der Waals surface area (Å²) in [6.07, 6.45) is -0.626. The molecule has 12 nitrogen and oxygen atoms in total. The number of hydrogen-bond acceptors (Lipinski definition) is 7. The molecule has 0 aliphatic heterocycles. The third-order valence-corrected chi connectivity index (χ3v) is 5.15. The third kappa shape index (κ3) is 9.06. The van der Waals surface area contributed by atoms with Gasteiger partial charge in [-0.1, -0.05) is 42.5 Å². The number of amides is 4. The molecule has 0 heterocycles. The van der Waals surface area contributed by atoms with E-state index >= 15 is 0 Å². The Morgan fingerprint density at radius 1 is 0.750 bits per heavy atom. The van der Waals surface area contributed by atoms with E-state index in [9.17, 15) is 34.2 Å². The number of aliphatic carboxylic acids is 1. The first-order chi connectivity index (χ1) is 17.1. The Hall–Kier alpha value is -4.45. The van der Waals surface area contributed by atoms with Crippen LogP contribution in [0.4, 0.5) is 0 Å². The van der Waals surface area contributed by atoms with E-state index in [1.54, 1.807) is 30.3 Å². The number of benzene rings is 2. The van der Waals surface area contributed by atoms with Crippen LogP contribution in [-0.4, -0.2) is 64.5 Å². The van der Waals surface area contributed by atoms with E-state index in [1.165, 1.54) is 24.3 Å². The predicted octanol–water partition coefficient (Wildman–Crippen LogP) is -1.45. The van der Waals surface area contributed by atoms with Gasteiger partial charge < -0.3 is 37.6 Å². The Balaban J connectivity index is 2.28. The maximum atomic E-state index is 13.2. The molecule has 0 saturated carbocycles. The topological polar surface area (TPSA) is 214 Å². The maximum Gasteiger partial charge on any atom is 0.326 e. The largest absolute Gasteiger partial charge is 0.508 e. The SMILES string of the molecule is NCC(=O)NC(Cc1ccccc1)C(=O)NC(Cc1ccc(O)cc1)C(=O)NC(CC(N)=O)C(=O)O. The third-order valence-electron chi connectivity index (χ3n) is 5.15. The van der Waals surface area contributed by atoms with E-state index < -0.39 is 54.1 Å². The van der Waals surface area contributed by atoms with Crippen molar-refractivity contribution in [3.63, 3.8) is 0 Å². The van der Waals surface area contributed by atoms with Crippen LogP contribution in [0.5, 0.6) is 5.75 Å². The van der Waals surface area contributed by atoms with Gasteiger partial charge in [0, 0.05) is 12.8 Å². The molecule has 0 aromatic heterocycles. The number of phenols is 1. The number of carbonyl (C=O) groups excluding carboxylic acids is 4. The maximum absolute atomic E-state index is 13.2. The second-order valence-corrected chi connectivity index (χ2v) is 8.02. The first-order valence-corrected chi connectivity index (χ1v) is 11.0. The van der Waals surface area contributed by atoms with Crippen LogP contribution < -0.4 is 27.4 Å². The van der Waals surface area contributed by atoms with Crippen molar-refractivity contribution >= 4 is 29.6 Å². The predicted molar refractivity (Wildman–Crippen MR) is 128 cm³/mol. The van der Waals surface area contributed by atoms with Crippen LogP contribution in [0.1, 0.15) is 17.5 Å². The van der Waals surface area contributed by atoms with Crippen molar-refractivity contribution in [1.29, 1.82) is 0 Å². The standard InChI is InChI=1S/C24H29N5O7/c25-13-21(32)27-17(10-14-4-2-1-3-5-14)22(33)28-18(11-15-6-8-16(30)9-7-15)23(34)29-19(24(35)36)12-20(26)31/h1-9,17-19,30H,10-13,25H2,(H2,26,31)(H,27,32)(H,28,33)(H,29,34)(H,35,36). The quantitative estimate of drug-likeness (QED) is 0.173. The zero-order valence-electron chi connectivity index (χ0n) is 19.3. The molecule has 0 aliphatic rings. The fourth-order valence-corrected chi connectivity index (χ4v) is 3.34. The number of carboxylic acids is 1. The van der Waals surface area contributed by atoms with Crippen molar-refractivity contribution in [3.8, 4) is 5.75 Å². The number of nitrogens with one attached hydrogen (secondary N) is 3. The van der Waals surface area contributed by atoms with Crippen LogP contribution in [0.2, 0.25) is 0 Å². The zero-order chi connectivity index (χ0) is 26.7. The number of aromatic hydroxyl groups is 1. The summed E-state index contributed by atoms with van der Waals surface area (Å²) in [6.45, 7) is -0.358. The van der Waals surface area contributed by atoms with Crippen molar-refractivity contribution in [1.82, 2.24) is 16.0 Å². The number of primary amides is 1. The van der Waals surface area contributed by atoms with Crippen LogP contribution in [0.25, 0.3) is 0 Å². The van der Waals surface area contributed by atoms with Crippen molar-refractivity contribution in [2.45, 2.75) is 37.4 Å². The van der Waals surface area contributed by atoms with Gasteiger partial charge in [0.25, 0.3) is 0 Å². The van der Waals surface area contributed by atoms with Crippen LogP contribution >= 0.6 is 0 Å². The van der Waals surface area contributed by atoms with Crippen molar-refractivity contribution in [3.05, 3.63) is 65.7 Å². The Bertz CT molecular complexity index is 1080. The summed E-state index contributed by atoms with van der Waals surface area (Å²) < 4.78 is 0. The lowest BCUT2D eigenvalue weighted by Gasteiger charge is -2.24. The first-order valence-electron chi connectivity index (χ1n) is 11.0. The van der Waals surface area contributed by atoms with Crippen LogP contribution in [0, 0.1) is 0 Å². The lowest BCUT2D eigenvalue weighted by Crippen LogP contribution is -2.57. The van der Waals surface area contributed by atoms with Gasteiger partial charge in [0.15, 0.2) is 0 Å². The lowest BCUT2D eigenvalue weighted by molar-refractivity contribution is -0.143. The first kappa shape index (κ1) is 27.8. The lowest BCUT2D eigenvalue weighted by atomic mass is 10.0. The van der Waals surface area contributed by atoms with E-state index in [0.29, 0.717) is 5.56 Å². The summed E-state index contributed by atoms with van der Waals surface area (Å²) in [5.41, 5.74) is 11.7. The van der Waals surface area contributed by atoms with Gasteiger partial charge in [-0.15, -0.1) is 0 Å². The molecule has 2 rings (SSSR count). The van der Waals surface area contributed by atoms with Gasteiger partial charge in [-0.2, -0.15) is 0 Å². The molecule has 0 bridgehead atoms. The normalized spacial score (nSPS) is 13.0. The molecule has 3 atom stereocenters. The summed E-state index contributed by atoms with van der Waals surface area (Å²) in [6, 6.07) is 10.7. The molecule has 36 heavy (non-hydrogen) atoms. The highest BCUT2D eigenvalue weighted by atomic mass is 16.4. The molecule has 2 aromatic rings. The highest BCUT2D eigenvalue weighted by Crippen LogP contribution is 2.12. The van der Waals surface area contributed by atoms with Gasteiger partial charge in [0.1, 0.15) is 23.9 Å². The number of phenolic OH excluding ortho intramolecular Hbond substituents is 1. The highest BCUT2D eigenvalue weighted by Gasteiger charge is 2.30. The summed E-state index contributed by atoms with van der Waals surface area (Å²) in [5.74, 6) is -4.60. The average Bonchev–Trinajstić information content (AvgIpc) is 2.84. The smallest absolute Gasteiger partial charge is 0.326 e. The van der Waals surface area contributed by atoms with E-state index in [-0.39, 0.29) is 25.1 Å². The average molecular weight is 500 g/mol. The minimum atomic E-state index is -1.61. The number of carboxylic acid groups (broad SMARTS) is 1. The highest BCUT2D eigenvalue weighted by molar-refractivity contribution is 5.94. The van der Waals surface area contributed by atoms with Gasteiger partial charge in [0.2, 0.25) is 23.6 Å². The Morgan fingerprint density at radius 3 is 1.75 bits per heavy atom. The molecular formula is C24H29N5O7. The Morgan fingerprint density at radius 2 is 1.25 bits per heavy atom. The molecule has 0 aliphatic carbocycles. The molecule has 12 heteroatoms. The number of carbonyl (C=O) groups is 5. The number of nitrogens with two attached hydrogens (primary N) is 2. The second-order valence-electron chi connectivity index (χ2n) is 8.02. The van der Waals surface area contributed by atoms with Crippen LogP contribution in [0.15, 0.2) is 54.6 Å². The fourth-order valence-electron chi connectivity index (χ4n) is 3.34. The van der Waals surface area contributed by atoms with Crippen LogP contribution in [0.3, 0.4) is 0 Å². The molecule has 4 amide bonds. The number of hydrogen-bond donors (Lipinski definition) is 7. The monoisotopic (exact) mass is 499 g/mol. The van der Waals surface area contributed by atoms with Crippen molar-refractivity contribution in [2.75, 3.05) is 6.54 Å². The molecule has 0 radical (unpaired) electrons. The molecule has 192 valence electrons. The molecule has 9 N–H and O–H groups in total. The van der Waals surface area contributed by atoms with E-state index in [2.05, 4.69) is 16.0 Å². The van der Waals surface area contributed by atoms with Gasteiger partial charge >= 0.3 is 5.97 Å². The van der Waals surface area contributed by atoms with Gasteiger partial charge in [-0.25, -0.2) is 4.79 Å². The van der Waals surface area contributed by atoms with E-state index in [1.807, 2.05) is 0 Å². The molecular weight excluding hydrogens is 470 g/mol. The molecule has 0 saturated heterocycles.